The van der Waals surface area contributed by atoms with Gasteiger partial charge in [0, 0.05) is 25.7 Å². The van der Waals surface area contributed by atoms with E-state index >= 15 is 0 Å². The standard InChI is InChI=1S/C21H20F2N4OS/c1-3-12-27-20(16-6-10-18(23)11-7-16)24-25-21(27)29-14-19(28)26(2)13-15-4-8-17(22)9-5-15/h3-11H,1,12-14H2,2H3. The first-order valence-corrected chi connectivity index (χ1v) is 9.87. The van der Waals surface area contributed by atoms with Gasteiger partial charge in [-0.2, -0.15) is 0 Å². The molecule has 3 rings (SSSR count). The second kappa shape index (κ2) is 9.47. The van der Waals surface area contributed by atoms with Crippen LogP contribution in [-0.4, -0.2) is 38.4 Å². The molecule has 0 atom stereocenters. The van der Waals surface area contributed by atoms with Crippen LogP contribution in [0.25, 0.3) is 11.4 Å². The highest BCUT2D eigenvalue weighted by molar-refractivity contribution is 7.99. The number of benzene rings is 2. The van der Waals surface area contributed by atoms with Gasteiger partial charge in [-0.15, -0.1) is 16.8 Å². The van der Waals surface area contributed by atoms with E-state index in [-0.39, 0.29) is 23.3 Å². The smallest absolute Gasteiger partial charge is 0.233 e. The molecule has 150 valence electrons. The Balaban J connectivity index is 1.67. The largest absolute Gasteiger partial charge is 0.341 e. The molecule has 1 aromatic heterocycles. The Morgan fingerprint density at radius 1 is 1.10 bits per heavy atom. The van der Waals surface area contributed by atoms with E-state index in [1.807, 2.05) is 4.57 Å². The fraction of sp³-hybridized carbons (Fsp3) is 0.190. The number of rotatable bonds is 8. The molecule has 0 aliphatic heterocycles. The van der Waals surface area contributed by atoms with Crippen LogP contribution >= 0.6 is 11.8 Å². The molecule has 1 amide bonds. The number of thioether (sulfide) groups is 1. The summed E-state index contributed by atoms with van der Waals surface area (Å²) in [5.41, 5.74) is 1.58. The highest BCUT2D eigenvalue weighted by Crippen LogP contribution is 2.24. The number of hydrogen-bond acceptors (Lipinski definition) is 4. The maximum Gasteiger partial charge on any atom is 0.233 e. The molecule has 0 fully saturated rings. The Morgan fingerprint density at radius 2 is 1.72 bits per heavy atom. The number of carbonyl (C=O) groups excluding carboxylic acids is 1. The van der Waals surface area contributed by atoms with Crippen LogP contribution in [-0.2, 0) is 17.9 Å². The molecule has 1 heterocycles. The summed E-state index contributed by atoms with van der Waals surface area (Å²) >= 11 is 1.27. The first-order chi connectivity index (χ1) is 14.0. The number of nitrogens with zero attached hydrogens (tertiary/aromatic N) is 4. The van der Waals surface area contributed by atoms with E-state index in [4.69, 9.17) is 0 Å². The molecule has 0 radical (unpaired) electrons. The molecule has 3 aromatic rings. The van der Waals surface area contributed by atoms with Gasteiger partial charge in [0.2, 0.25) is 5.91 Å². The molecular weight excluding hydrogens is 394 g/mol. The van der Waals surface area contributed by atoms with Crippen LogP contribution in [0.2, 0.25) is 0 Å². The van der Waals surface area contributed by atoms with Gasteiger partial charge >= 0.3 is 0 Å². The van der Waals surface area contributed by atoms with Crippen LogP contribution < -0.4 is 0 Å². The van der Waals surface area contributed by atoms with Gasteiger partial charge in [-0.25, -0.2) is 8.78 Å². The summed E-state index contributed by atoms with van der Waals surface area (Å²) in [6, 6.07) is 12.0. The zero-order valence-electron chi connectivity index (χ0n) is 15.9. The minimum Gasteiger partial charge on any atom is -0.341 e. The Hall–Kier alpha value is -3.00. The van der Waals surface area contributed by atoms with Crippen LogP contribution in [0.5, 0.6) is 0 Å². The second-order valence-corrected chi connectivity index (χ2v) is 7.32. The van der Waals surface area contributed by atoms with Gasteiger partial charge in [-0.1, -0.05) is 30.0 Å². The molecule has 8 heteroatoms. The summed E-state index contributed by atoms with van der Waals surface area (Å²) in [4.78, 5) is 14.1. The highest BCUT2D eigenvalue weighted by Gasteiger charge is 2.16. The minimum absolute atomic E-state index is 0.0872. The van der Waals surface area contributed by atoms with E-state index in [2.05, 4.69) is 16.8 Å². The quantitative estimate of drug-likeness (QED) is 0.410. The van der Waals surface area contributed by atoms with Crippen molar-refractivity contribution in [1.29, 1.82) is 0 Å². The number of hydrogen-bond donors (Lipinski definition) is 0. The molecular formula is C21H20F2N4OS. The van der Waals surface area contributed by atoms with Crippen LogP contribution in [0.4, 0.5) is 8.78 Å². The predicted molar refractivity (Wildman–Crippen MR) is 109 cm³/mol. The van der Waals surface area contributed by atoms with Gasteiger partial charge in [0.15, 0.2) is 11.0 Å². The molecule has 29 heavy (non-hydrogen) atoms. The first kappa shape index (κ1) is 20.7. The number of amides is 1. The lowest BCUT2D eigenvalue weighted by molar-refractivity contribution is -0.127. The van der Waals surface area contributed by atoms with Crippen molar-refractivity contribution in [2.45, 2.75) is 18.2 Å². The van der Waals surface area contributed by atoms with E-state index in [1.165, 1.54) is 36.0 Å². The fourth-order valence-electron chi connectivity index (χ4n) is 2.69. The molecule has 5 nitrogen and oxygen atoms in total. The van der Waals surface area contributed by atoms with Gasteiger partial charge in [0.25, 0.3) is 0 Å². The van der Waals surface area contributed by atoms with Gasteiger partial charge in [-0.05, 0) is 42.0 Å². The van der Waals surface area contributed by atoms with E-state index in [0.29, 0.717) is 24.1 Å². The topological polar surface area (TPSA) is 51.0 Å². The Morgan fingerprint density at radius 3 is 2.34 bits per heavy atom. The van der Waals surface area contributed by atoms with Crippen LogP contribution in [0, 0.1) is 11.6 Å². The third kappa shape index (κ3) is 5.29. The Kier molecular flexibility index (Phi) is 6.77. The first-order valence-electron chi connectivity index (χ1n) is 8.89. The lowest BCUT2D eigenvalue weighted by atomic mass is 10.2. The minimum atomic E-state index is -0.326. The number of halogens is 2. The van der Waals surface area contributed by atoms with E-state index in [9.17, 15) is 13.6 Å². The zero-order chi connectivity index (χ0) is 20.8. The molecule has 0 N–H and O–H groups in total. The normalized spacial score (nSPS) is 10.7. The molecule has 0 bridgehead atoms. The van der Waals surface area contributed by atoms with Crippen LogP contribution in [0.1, 0.15) is 5.56 Å². The van der Waals surface area contributed by atoms with Crippen molar-refractivity contribution in [1.82, 2.24) is 19.7 Å². The average molecular weight is 414 g/mol. The molecule has 0 aliphatic carbocycles. The summed E-state index contributed by atoms with van der Waals surface area (Å²) in [7, 11) is 1.70. The summed E-state index contributed by atoms with van der Waals surface area (Å²) in [5, 5.41) is 8.95. The summed E-state index contributed by atoms with van der Waals surface area (Å²) in [6.07, 6.45) is 1.71. The third-order valence-electron chi connectivity index (χ3n) is 4.21. The monoisotopic (exact) mass is 414 g/mol. The van der Waals surface area contributed by atoms with Crippen LogP contribution in [0.15, 0.2) is 66.3 Å². The predicted octanol–water partition coefficient (Wildman–Crippen LogP) is 4.16. The van der Waals surface area contributed by atoms with Crippen molar-refractivity contribution in [3.63, 3.8) is 0 Å². The van der Waals surface area contributed by atoms with E-state index in [1.54, 1.807) is 42.3 Å². The van der Waals surface area contributed by atoms with Gasteiger partial charge < -0.3 is 4.90 Å². The fourth-order valence-corrected chi connectivity index (χ4v) is 3.58. The molecule has 0 spiro atoms. The number of aromatic nitrogens is 3. The van der Waals surface area contributed by atoms with E-state index < -0.39 is 0 Å². The van der Waals surface area contributed by atoms with Gasteiger partial charge in [0.1, 0.15) is 11.6 Å². The maximum absolute atomic E-state index is 13.2. The van der Waals surface area contributed by atoms with Crippen LogP contribution in [0.3, 0.4) is 0 Å². The second-order valence-electron chi connectivity index (χ2n) is 6.38. The molecule has 0 saturated carbocycles. The summed E-state index contributed by atoms with van der Waals surface area (Å²) in [6.45, 7) is 4.60. The highest BCUT2D eigenvalue weighted by atomic mass is 32.2. The average Bonchev–Trinajstić information content (AvgIpc) is 3.11. The molecule has 0 aliphatic rings. The van der Waals surface area contributed by atoms with E-state index in [0.717, 1.165) is 11.1 Å². The summed E-state index contributed by atoms with van der Waals surface area (Å²) in [5.74, 6) is 0.0381. The third-order valence-corrected chi connectivity index (χ3v) is 5.17. The van der Waals surface area contributed by atoms with Gasteiger partial charge in [0.05, 0.1) is 5.75 Å². The lowest BCUT2D eigenvalue weighted by Crippen LogP contribution is -2.27. The molecule has 2 aromatic carbocycles. The maximum atomic E-state index is 13.2. The Bertz CT molecular complexity index is 987. The van der Waals surface area contributed by atoms with Crippen molar-refractivity contribution in [3.05, 3.63) is 78.4 Å². The van der Waals surface area contributed by atoms with Crippen molar-refractivity contribution in [2.75, 3.05) is 12.8 Å². The SMILES string of the molecule is C=CCn1c(SCC(=O)N(C)Cc2ccc(F)cc2)nnc1-c1ccc(F)cc1. The number of carbonyl (C=O) groups is 1. The number of allylic oxidation sites excluding steroid dienone is 1. The summed E-state index contributed by atoms with van der Waals surface area (Å²) < 4.78 is 28.0. The van der Waals surface area contributed by atoms with Gasteiger partial charge in [-0.3, -0.25) is 9.36 Å². The molecule has 0 saturated heterocycles. The van der Waals surface area contributed by atoms with Crippen molar-refractivity contribution < 1.29 is 13.6 Å². The van der Waals surface area contributed by atoms with Crippen molar-refractivity contribution in [3.8, 4) is 11.4 Å². The zero-order valence-corrected chi connectivity index (χ0v) is 16.7. The Labute approximate surface area is 172 Å². The van der Waals surface area contributed by atoms with Crippen molar-refractivity contribution >= 4 is 17.7 Å². The lowest BCUT2D eigenvalue weighted by Gasteiger charge is -2.17. The van der Waals surface area contributed by atoms with Crippen molar-refractivity contribution in [2.24, 2.45) is 0 Å². The molecule has 0 unspecified atom stereocenters.